The number of nitrogens with zero attached hydrogens (tertiary/aromatic N) is 2. The second-order valence-electron chi connectivity index (χ2n) is 9.30. The van der Waals surface area contributed by atoms with Gasteiger partial charge < -0.3 is 14.2 Å². The number of rotatable bonds is 9. The Hall–Kier alpha value is -3.85. The number of esters is 1. The molecule has 0 fully saturated rings. The van der Waals surface area contributed by atoms with Crippen LogP contribution < -0.4 is 24.4 Å². The summed E-state index contributed by atoms with van der Waals surface area (Å²) in [7, 11) is 1.55. The summed E-state index contributed by atoms with van der Waals surface area (Å²) in [5.41, 5.74) is 2.15. The Morgan fingerprint density at radius 1 is 1.05 bits per heavy atom. The molecular formula is C32H28Cl2N2O5S. The molecule has 0 aliphatic carbocycles. The highest BCUT2D eigenvalue weighted by Crippen LogP contribution is 2.42. The predicted molar refractivity (Wildman–Crippen MR) is 166 cm³/mol. The molecule has 0 N–H and O–H groups in total. The molecule has 0 saturated heterocycles. The van der Waals surface area contributed by atoms with Crippen LogP contribution in [0.15, 0.2) is 82.1 Å². The summed E-state index contributed by atoms with van der Waals surface area (Å²) in [4.78, 5) is 33.3. The quantitative estimate of drug-likeness (QED) is 0.213. The van der Waals surface area contributed by atoms with Crippen molar-refractivity contribution in [3.63, 3.8) is 0 Å². The Balaban J connectivity index is 1.88. The maximum atomic E-state index is 14.2. The van der Waals surface area contributed by atoms with Gasteiger partial charge in [-0.2, -0.15) is 0 Å². The molecule has 0 radical (unpaired) electrons. The lowest BCUT2D eigenvalue weighted by atomic mass is 9.92. The number of thiazole rings is 1. The van der Waals surface area contributed by atoms with Crippen molar-refractivity contribution in [2.45, 2.75) is 26.3 Å². The first-order valence-corrected chi connectivity index (χ1v) is 15.0. The van der Waals surface area contributed by atoms with Crippen LogP contribution in [0.2, 0.25) is 10.0 Å². The molecule has 1 aromatic heterocycles. The third kappa shape index (κ3) is 5.62. The van der Waals surface area contributed by atoms with Gasteiger partial charge in [-0.05, 0) is 37.1 Å². The van der Waals surface area contributed by atoms with E-state index in [-0.39, 0.29) is 17.7 Å². The molecule has 1 aliphatic rings. The monoisotopic (exact) mass is 622 g/mol. The van der Waals surface area contributed by atoms with Crippen molar-refractivity contribution in [3.8, 4) is 11.5 Å². The van der Waals surface area contributed by atoms with Gasteiger partial charge in [0, 0.05) is 11.1 Å². The molecule has 0 amide bonds. The Bertz CT molecular complexity index is 1850. The van der Waals surface area contributed by atoms with Gasteiger partial charge in [-0.25, -0.2) is 9.79 Å². The Morgan fingerprint density at radius 2 is 1.81 bits per heavy atom. The van der Waals surface area contributed by atoms with Gasteiger partial charge in [-0.1, -0.05) is 96.1 Å². The number of carbonyl (C=O) groups excluding carboxylic acids is 1. The third-order valence-electron chi connectivity index (χ3n) is 6.62. The Kier molecular flexibility index (Phi) is 9.16. The molecule has 1 atom stereocenters. The summed E-state index contributed by atoms with van der Waals surface area (Å²) < 4.78 is 19.3. The number of para-hydroxylation sites is 1. The van der Waals surface area contributed by atoms with E-state index in [1.807, 2.05) is 43.3 Å². The molecular weight excluding hydrogens is 595 g/mol. The third-order valence-corrected chi connectivity index (χ3v) is 8.43. The summed E-state index contributed by atoms with van der Waals surface area (Å²) in [5.74, 6) is 0.340. The van der Waals surface area contributed by atoms with Crippen LogP contribution in [-0.2, 0) is 9.53 Å². The number of aromatic nitrogens is 1. The van der Waals surface area contributed by atoms with Crippen LogP contribution in [0, 0.1) is 0 Å². The van der Waals surface area contributed by atoms with Crippen LogP contribution in [0.3, 0.4) is 0 Å². The van der Waals surface area contributed by atoms with Crippen molar-refractivity contribution in [1.82, 2.24) is 4.57 Å². The van der Waals surface area contributed by atoms with E-state index in [9.17, 15) is 9.59 Å². The topological polar surface area (TPSA) is 79.1 Å². The first kappa shape index (κ1) is 29.6. The Labute approximate surface area is 256 Å². The molecule has 0 saturated carbocycles. The lowest BCUT2D eigenvalue weighted by Gasteiger charge is -2.27. The number of hydrogen-bond donors (Lipinski definition) is 0. The number of ether oxygens (including phenoxy) is 3. The summed E-state index contributed by atoms with van der Waals surface area (Å²) >= 11 is 13.9. The zero-order valence-corrected chi connectivity index (χ0v) is 25.6. The van der Waals surface area contributed by atoms with Gasteiger partial charge in [0.15, 0.2) is 16.3 Å². The zero-order valence-electron chi connectivity index (χ0n) is 23.2. The fourth-order valence-corrected chi connectivity index (χ4v) is 6.13. The summed E-state index contributed by atoms with van der Waals surface area (Å²) in [5, 5.41) is 0.711. The molecule has 5 rings (SSSR count). The fourth-order valence-electron chi connectivity index (χ4n) is 4.78. The average molecular weight is 624 g/mol. The highest BCUT2D eigenvalue weighted by atomic mass is 35.5. The van der Waals surface area contributed by atoms with Gasteiger partial charge in [0.1, 0.15) is 6.04 Å². The first-order valence-electron chi connectivity index (χ1n) is 13.4. The van der Waals surface area contributed by atoms with Gasteiger partial charge >= 0.3 is 5.97 Å². The molecule has 4 aromatic rings. The standard InChI is InChI=1S/C32H28Cl2N2O5S/c1-4-17-41-29-21(14-10-16-23(29)39-3)28-25(31(38)40-5-2)27(19-11-7-6-8-12-19)35-32-36(28)30(37)24(42-32)18-20-13-9-15-22(33)26(20)34/h6-16,18,28H,4-5,17H2,1-3H3/b24-18+. The number of hydrogen-bond acceptors (Lipinski definition) is 7. The Morgan fingerprint density at radius 3 is 2.52 bits per heavy atom. The van der Waals surface area contributed by atoms with E-state index in [0.29, 0.717) is 59.9 Å². The molecule has 2 heterocycles. The minimum atomic E-state index is -0.922. The van der Waals surface area contributed by atoms with Crippen molar-refractivity contribution in [3.05, 3.63) is 119 Å². The maximum Gasteiger partial charge on any atom is 0.338 e. The maximum absolute atomic E-state index is 14.2. The van der Waals surface area contributed by atoms with Crippen LogP contribution >= 0.6 is 34.5 Å². The molecule has 0 bridgehead atoms. The van der Waals surface area contributed by atoms with Gasteiger partial charge in [-0.3, -0.25) is 9.36 Å². The van der Waals surface area contributed by atoms with E-state index in [0.717, 1.165) is 6.42 Å². The smallest absolute Gasteiger partial charge is 0.338 e. The van der Waals surface area contributed by atoms with Crippen LogP contribution in [0.4, 0.5) is 0 Å². The summed E-state index contributed by atoms with van der Waals surface area (Å²) in [6.45, 7) is 4.29. The van der Waals surface area contributed by atoms with Gasteiger partial charge in [-0.15, -0.1) is 0 Å². The largest absolute Gasteiger partial charge is 0.493 e. The van der Waals surface area contributed by atoms with Gasteiger partial charge in [0.2, 0.25) is 0 Å². The molecule has 7 nitrogen and oxygen atoms in total. The van der Waals surface area contributed by atoms with E-state index in [1.165, 1.54) is 15.9 Å². The molecule has 10 heteroatoms. The van der Waals surface area contributed by atoms with Crippen molar-refractivity contribution < 1.29 is 19.0 Å². The number of fused-ring (bicyclic) bond motifs is 1. The van der Waals surface area contributed by atoms with E-state index in [4.69, 9.17) is 42.4 Å². The van der Waals surface area contributed by atoms with E-state index >= 15 is 0 Å². The minimum absolute atomic E-state index is 0.145. The first-order chi connectivity index (χ1) is 20.4. The second-order valence-corrected chi connectivity index (χ2v) is 11.1. The fraction of sp³-hybridized carbons (Fsp3) is 0.219. The normalized spacial score (nSPS) is 14.8. The van der Waals surface area contributed by atoms with Crippen molar-refractivity contribution in [2.75, 3.05) is 20.3 Å². The number of methoxy groups -OCH3 is 1. The molecule has 42 heavy (non-hydrogen) atoms. The SMILES string of the molecule is CCCOc1c(OC)cccc1C1C(C(=O)OCC)=C(c2ccccc2)N=c2s/c(=C/c3cccc(Cl)c3Cl)c(=O)n21. The highest BCUT2D eigenvalue weighted by molar-refractivity contribution is 7.07. The number of carbonyl (C=O) groups is 1. The molecule has 3 aromatic carbocycles. The average Bonchev–Trinajstić information content (AvgIpc) is 3.32. The molecule has 1 unspecified atom stereocenters. The van der Waals surface area contributed by atoms with E-state index in [1.54, 1.807) is 50.4 Å². The lowest BCUT2D eigenvalue weighted by molar-refractivity contribution is -0.138. The predicted octanol–water partition coefficient (Wildman–Crippen LogP) is 6.04. The minimum Gasteiger partial charge on any atom is -0.493 e. The van der Waals surface area contributed by atoms with Crippen molar-refractivity contribution in [2.24, 2.45) is 4.99 Å². The van der Waals surface area contributed by atoms with Crippen molar-refractivity contribution in [1.29, 1.82) is 0 Å². The molecule has 1 aliphatic heterocycles. The van der Waals surface area contributed by atoms with Crippen LogP contribution in [0.1, 0.15) is 43.0 Å². The highest BCUT2D eigenvalue weighted by Gasteiger charge is 2.37. The van der Waals surface area contributed by atoms with Crippen molar-refractivity contribution >= 4 is 52.3 Å². The van der Waals surface area contributed by atoms with E-state index < -0.39 is 12.0 Å². The van der Waals surface area contributed by atoms with Crippen LogP contribution in [0.5, 0.6) is 11.5 Å². The number of halogens is 2. The van der Waals surface area contributed by atoms with Crippen LogP contribution in [0.25, 0.3) is 11.8 Å². The summed E-state index contributed by atoms with van der Waals surface area (Å²) in [6.07, 6.45) is 2.43. The van der Waals surface area contributed by atoms with Crippen LogP contribution in [-0.4, -0.2) is 30.9 Å². The number of benzene rings is 3. The second kappa shape index (κ2) is 13.0. The lowest BCUT2D eigenvalue weighted by Crippen LogP contribution is -2.40. The van der Waals surface area contributed by atoms with Gasteiger partial charge in [0.05, 0.1) is 46.2 Å². The molecule has 0 spiro atoms. The van der Waals surface area contributed by atoms with Gasteiger partial charge in [0.25, 0.3) is 5.56 Å². The summed E-state index contributed by atoms with van der Waals surface area (Å²) in [6, 6.07) is 19.1. The molecule has 216 valence electrons. The zero-order chi connectivity index (χ0) is 29.8. The van der Waals surface area contributed by atoms with E-state index in [2.05, 4.69) is 0 Å².